The standard InChI is InChI=1S/C10H10N2O2/c13-10(14)11-6-8-5-7-3-1-2-4-9(7)12-8/h1-5,11-12H,6H2,(H,13,14). The first kappa shape index (κ1) is 8.62. The smallest absolute Gasteiger partial charge is 0.404 e. The lowest BCUT2D eigenvalue weighted by Crippen LogP contribution is -2.19. The third-order valence-corrected chi connectivity index (χ3v) is 2.02. The van der Waals surface area contributed by atoms with E-state index >= 15 is 0 Å². The van der Waals surface area contributed by atoms with Gasteiger partial charge in [0.05, 0.1) is 6.54 Å². The fourth-order valence-corrected chi connectivity index (χ4v) is 1.40. The van der Waals surface area contributed by atoms with Crippen LogP contribution >= 0.6 is 0 Å². The number of para-hydroxylation sites is 1. The van der Waals surface area contributed by atoms with E-state index in [-0.39, 0.29) is 0 Å². The number of aromatic nitrogens is 1. The van der Waals surface area contributed by atoms with E-state index in [0.717, 1.165) is 16.6 Å². The Morgan fingerprint density at radius 3 is 2.93 bits per heavy atom. The molecule has 72 valence electrons. The van der Waals surface area contributed by atoms with Crippen LogP contribution in [0, 0.1) is 0 Å². The van der Waals surface area contributed by atoms with E-state index in [9.17, 15) is 4.79 Å². The lowest BCUT2D eigenvalue weighted by Gasteiger charge is -1.95. The Morgan fingerprint density at radius 2 is 2.21 bits per heavy atom. The monoisotopic (exact) mass is 190 g/mol. The van der Waals surface area contributed by atoms with Crippen molar-refractivity contribution in [1.29, 1.82) is 0 Å². The first-order valence-corrected chi connectivity index (χ1v) is 4.29. The van der Waals surface area contributed by atoms with Crippen molar-refractivity contribution in [3.8, 4) is 0 Å². The predicted octanol–water partition coefficient (Wildman–Crippen LogP) is 1.94. The van der Waals surface area contributed by atoms with Crippen molar-refractivity contribution in [3.63, 3.8) is 0 Å². The van der Waals surface area contributed by atoms with Gasteiger partial charge in [-0.05, 0) is 17.5 Å². The van der Waals surface area contributed by atoms with Gasteiger partial charge in [-0.15, -0.1) is 0 Å². The van der Waals surface area contributed by atoms with E-state index in [4.69, 9.17) is 5.11 Å². The Labute approximate surface area is 80.6 Å². The summed E-state index contributed by atoms with van der Waals surface area (Å²) >= 11 is 0. The molecule has 3 N–H and O–H groups in total. The normalized spacial score (nSPS) is 10.3. The first-order chi connectivity index (χ1) is 6.75. The van der Waals surface area contributed by atoms with Crippen molar-refractivity contribution < 1.29 is 9.90 Å². The average Bonchev–Trinajstić information content (AvgIpc) is 2.57. The lowest BCUT2D eigenvalue weighted by atomic mass is 10.2. The zero-order chi connectivity index (χ0) is 9.97. The van der Waals surface area contributed by atoms with Crippen molar-refractivity contribution >= 4 is 17.0 Å². The molecule has 0 saturated carbocycles. The number of benzene rings is 1. The minimum Gasteiger partial charge on any atom is -0.465 e. The summed E-state index contributed by atoms with van der Waals surface area (Å²) in [6.45, 7) is 0.310. The van der Waals surface area contributed by atoms with Crippen LogP contribution in [0.25, 0.3) is 10.9 Å². The first-order valence-electron chi connectivity index (χ1n) is 4.29. The van der Waals surface area contributed by atoms with Crippen LogP contribution in [0.3, 0.4) is 0 Å². The molecular formula is C10H10N2O2. The molecule has 0 aliphatic carbocycles. The molecule has 1 amide bonds. The predicted molar refractivity (Wildman–Crippen MR) is 53.2 cm³/mol. The summed E-state index contributed by atoms with van der Waals surface area (Å²) < 4.78 is 0. The van der Waals surface area contributed by atoms with Gasteiger partial charge < -0.3 is 15.4 Å². The molecule has 2 aromatic rings. The van der Waals surface area contributed by atoms with Crippen molar-refractivity contribution in [2.75, 3.05) is 0 Å². The minimum absolute atomic E-state index is 0.310. The van der Waals surface area contributed by atoms with Crippen LogP contribution in [-0.4, -0.2) is 16.2 Å². The molecule has 1 aromatic carbocycles. The van der Waals surface area contributed by atoms with Crippen LogP contribution in [0.15, 0.2) is 30.3 Å². The number of carbonyl (C=O) groups is 1. The molecule has 14 heavy (non-hydrogen) atoms. The highest BCUT2D eigenvalue weighted by Crippen LogP contribution is 2.14. The topological polar surface area (TPSA) is 65.1 Å². The summed E-state index contributed by atoms with van der Waals surface area (Å²) in [5, 5.41) is 11.8. The maximum Gasteiger partial charge on any atom is 0.404 e. The number of fused-ring (bicyclic) bond motifs is 1. The maximum atomic E-state index is 10.3. The van der Waals surface area contributed by atoms with Crippen LogP contribution in [0.2, 0.25) is 0 Å². The SMILES string of the molecule is O=C(O)NCc1cc2ccccc2[nH]1. The van der Waals surface area contributed by atoms with Crippen molar-refractivity contribution in [1.82, 2.24) is 10.3 Å². The molecule has 0 aliphatic heterocycles. The quantitative estimate of drug-likeness (QED) is 0.677. The third-order valence-electron chi connectivity index (χ3n) is 2.02. The van der Waals surface area contributed by atoms with Gasteiger partial charge in [0.2, 0.25) is 0 Å². The zero-order valence-electron chi connectivity index (χ0n) is 7.45. The molecule has 0 atom stereocenters. The Balaban J connectivity index is 2.22. The molecular weight excluding hydrogens is 180 g/mol. The highest BCUT2D eigenvalue weighted by molar-refractivity contribution is 5.80. The highest BCUT2D eigenvalue weighted by atomic mass is 16.4. The van der Waals surface area contributed by atoms with Crippen LogP contribution in [0.1, 0.15) is 5.69 Å². The Hall–Kier alpha value is -1.97. The maximum absolute atomic E-state index is 10.3. The number of hydrogen-bond acceptors (Lipinski definition) is 1. The van der Waals surface area contributed by atoms with Crippen molar-refractivity contribution in [3.05, 3.63) is 36.0 Å². The van der Waals surface area contributed by atoms with Gasteiger partial charge in [-0.3, -0.25) is 0 Å². The van der Waals surface area contributed by atoms with Gasteiger partial charge in [-0.25, -0.2) is 4.79 Å². The highest BCUT2D eigenvalue weighted by Gasteiger charge is 2.00. The van der Waals surface area contributed by atoms with Gasteiger partial charge in [0.15, 0.2) is 0 Å². The summed E-state index contributed by atoms with van der Waals surface area (Å²) in [4.78, 5) is 13.4. The van der Waals surface area contributed by atoms with Gasteiger partial charge in [-0.2, -0.15) is 0 Å². The Kier molecular flexibility index (Phi) is 2.10. The van der Waals surface area contributed by atoms with Crippen LogP contribution in [0.4, 0.5) is 4.79 Å². The molecule has 0 unspecified atom stereocenters. The van der Waals surface area contributed by atoms with Crippen molar-refractivity contribution in [2.45, 2.75) is 6.54 Å². The Bertz CT molecular complexity index is 429. The number of aromatic amines is 1. The largest absolute Gasteiger partial charge is 0.465 e. The van der Waals surface area contributed by atoms with Crippen molar-refractivity contribution in [2.24, 2.45) is 0 Å². The summed E-state index contributed by atoms with van der Waals surface area (Å²) in [5.41, 5.74) is 1.89. The van der Waals surface area contributed by atoms with Crippen LogP contribution in [-0.2, 0) is 6.54 Å². The third kappa shape index (κ3) is 1.69. The van der Waals surface area contributed by atoms with Crippen LogP contribution in [0.5, 0.6) is 0 Å². The molecule has 0 spiro atoms. The van der Waals surface area contributed by atoms with Gasteiger partial charge in [0.25, 0.3) is 0 Å². The van der Waals surface area contributed by atoms with Gasteiger partial charge in [0.1, 0.15) is 0 Å². The van der Waals surface area contributed by atoms with Crippen LogP contribution < -0.4 is 5.32 Å². The molecule has 0 saturated heterocycles. The molecule has 0 radical (unpaired) electrons. The van der Waals surface area contributed by atoms with E-state index in [1.165, 1.54) is 0 Å². The second-order valence-electron chi connectivity index (χ2n) is 3.04. The molecule has 1 heterocycles. The molecule has 0 bridgehead atoms. The summed E-state index contributed by atoms with van der Waals surface area (Å²) in [7, 11) is 0. The van der Waals surface area contributed by atoms with Gasteiger partial charge in [-0.1, -0.05) is 18.2 Å². The Morgan fingerprint density at radius 1 is 1.43 bits per heavy atom. The fourth-order valence-electron chi connectivity index (χ4n) is 1.40. The van der Waals surface area contributed by atoms with E-state index < -0.39 is 6.09 Å². The number of rotatable bonds is 2. The average molecular weight is 190 g/mol. The van der Waals surface area contributed by atoms with E-state index in [1.807, 2.05) is 30.3 Å². The number of carboxylic acid groups (broad SMARTS) is 1. The lowest BCUT2D eigenvalue weighted by molar-refractivity contribution is 0.194. The number of amides is 1. The summed E-state index contributed by atoms with van der Waals surface area (Å²) in [6.07, 6.45) is -1.01. The molecule has 2 rings (SSSR count). The summed E-state index contributed by atoms with van der Waals surface area (Å²) in [5.74, 6) is 0. The zero-order valence-corrected chi connectivity index (χ0v) is 7.45. The van der Waals surface area contributed by atoms with Gasteiger partial charge >= 0.3 is 6.09 Å². The summed E-state index contributed by atoms with van der Waals surface area (Å²) in [6, 6.07) is 9.76. The fraction of sp³-hybridized carbons (Fsp3) is 0.100. The number of nitrogens with one attached hydrogen (secondary N) is 2. The molecule has 0 aliphatic rings. The molecule has 4 heteroatoms. The molecule has 0 fully saturated rings. The number of H-pyrrole nitrogens is 1. The van der Waals surface area contributed by atoms with E-state index in [2.05, 4.69) is 10.3 Å². The van der Waals surface area contributed by atoms with E-state index in [0.29, 0.717) is 6.54 Å². The molecule has 1 aromatic heterocycles. The second-order valence-corrected chi connectivity index (χ2v) is 3.04. The van der Waals surface area contributed by atoms with E-state index in [1.54, 1.807) is 0 Å². The molecule has 4 nitrogen and oxygen atoms in total. The second kappa shape index (κ2) is 3.41. The minimum atomic E-state index is -1.01. The van der Waals surface area contributed by atoms with Gasteiger partial charge in [0, 0.05) is 11.2 Å². The number of hydrogen-bond donors (Lipinski definition) is 3.